The Labute approximate surface area is 168 Å². The molecule has 0 spiro atoms. The molecule has 2 aromatic heterocycles. The number of rotatable bonds is 4. The van der Waals surface area contributed by atoms with Gasteiger partial charge in [0.15, 0.2) is 0 Å². The maximum absolute atomic E-state index is 13.2. The molecule has 1 aliphatic carbocycles. The fourth-order valence-electron chi connectivity index (χ4n) is 3.80. The zero-order valence-corrected chi connectivity index (χ0v) is 16.3. The van der Waals surface area contributed by atoms with Crippen molar-refractivity contribution in [3.63, 3.8) is 0 Å². The van der Waals surface area contributed by atoms with Crippen LogP contribution in [0.15, 0.2) is 34.9 Å². The molecule has 28 heavy (non-hydrogen) atoms. The third-order valence-corrected chi connectivity index (χ3v) is 5.28. The molecule has 148 valence electrons. The highest BCUT2D eigenvalue weighted by atomic mass is 35.5. The molecule has 0 aliphatic heterocycles. The summed E-state index contributed by atoms with van der Waals surface area (Å²) in [5, 5.41) is 7.67. The van der Waals surface area contributed by atoms with Crippen molar-refractivity contribution >= 4 is 29.4 Å². The quantitative estimate of drug-likeness (QED) is 0.692. The number of benzene rings is 1. The molecule has 1 aromatic carbocycles. The fraction of sp³-hybridized carbons (Fsp3) is 0.350. The summed E-state index contributed by atoms with van der Waals surface area (Å²) in [6, 6.07) is 7.74. The summed E-state index contributed by atoms with van der Waals surface area (Å²) in [6.45, 7) is 2.34. The minimum Gasteiger partial charge on any atom is -0.349 e. The predicted octanol–water partition coefficient (Wildman–Crippen LogP) is 3.62. The van der Waals surface area contributed by atoms with Crippen LogP contribution in [0.4, 0.5) is 4.39 Å². The van der Waals surface area contributed by atoms with E-state index in [0.717, 1.165) is 19.3 Å². The average Bonchev–Trinajstić information content (AvgIpc) is 3.28. The number of aryl methyl sites for hydroxylation is 1. The van der Waals surface area contributed by atoms with Gasteiger partial charge in [0.05, 0.1) is 22.3 Å². The van der Waals surface area contributed by atoms with E-state index in [1.54, 1.807) is 25.1 Å². The summed E-state index contributed by atoms with van der Waals surface area (Å²) >= 11 is 0. The number of pyridine rings is 1. The topological polar surface area (TPSA) is 94.0 Å². The van der Waals surface area contributed by atoms with Gasteiger partial charge < -0.3 is 15.6 Å². The largest absolute Gasteiger partial charge is 0.349 e. The molecule has 0 saturated heterocycles. The van der Waals surface area contributed by atoms with Gasteiger partial charge in [-0.15, -0.1) is 12.4 Å². The number of hydrogen-bond acceptors (Lipinski definition) is 5. The van der Waals surface area contributed by atoms with Crippen LogP contribution in [0.1, 0.15) is 35.3 Å². The average molecular weight is 405 g/mol. The van der Waals surface area contributed by atoms with Gasteiger partial charge in [-0.3, -0.25) is 4.79 Å². The predicted molar refractivity (Wildman–Crippen MR) is 107 cm³/mol. The van der Waals surface area contributed by atoms with Crippen LogP contribution >= 0.6 is 12.4 Å². The summed E-state index contributed by atoms with van der Waals surface area (Å²) < 4.78 is 18.5. The third-order valence-electron chi connectivity index (χ3n) is 5.28. The number of carbonyl (C=O) groups excluding carboxylic acids is 1. The van der Waals surface area contributed by atoms with Crippen LogP contribution in [-0.4, -0.2) is 28.6 Å². The lowest BCUT2D eigenvalue weighted by atomic mass is 10.0. The summed E-state index contributed by atoms with van der Waals surface area (Å²) in [5.41, 5.74) is 8.42. The van der Waals surface area contributed by atoms with Crippen LogP contribution < -0.4 is 11.1 Å². The summed E-state index contributed by atoms with van der Waals surface area (Å²) in [7, 11) is 0. The first-order chi connectivity index (χ1) is 13.1. The van der Waals surface area contributed by atoms with Crippen molar-refractivity contribution in [1.29, 1.82) is 0 Å². The van der Waals surface area contributed by atoms with E-state index in [0.29, 0.717) is 46.1 Å². The standard InChI is InChI=1S/C20H21FN4O2.ClH/c1-11-18-15(19(26)23-16-4-2-3-13(16)10-22)9-17(24-20(18)27-25-11)12-5-7-14(21)8-6-12;/h5-9,13,16H,2-4,10,22H2,1H3,(H,23,26);1H. The van der Waals surface area contributed by atoms with E-state index < -0.39 is 0 Å². The molecule has 4 rings (SSSR count). The number of nitrogens with one attached hydrogen (secondary N) is 1. The Morgan fingerprint density at radius 1 is 1.32 bits per heavy atom. The first-order valence-corrected chi connectivity index (χ1v) is 9.10. The molecule has 1 aliphatic rings. The molecule has 2 heterocycles. The van der Waals surface area contributed by atoms with Gasteiger partial charge in [-0.2, -0.15) is 0 Å². The van der Waals surface area contributed by atoms with E-state index in [9.17, 15) is 9.18 Å². The van der Waals surface area contributed by atoms with Crippen molar-refractivity contribution in [2.45, 2.75) is 32.2 Å². The monoisotopic (exact) mass is 404 g/mol. The molecule has 2 atom stereocenters. The molecule has 2 unspecified atom stereocenters. The zero-order chi connectivity index (χ0) is 19.0. The zero-order valence-electron chi connectivity index (χ0n) is 15.4. The number of nitrogens with two attached hydrogens (primary N) is 1. The normalized spacial score (nSPS) is 18.8. The van der Waals surface area contributed by atoms with Crippen LogP contribution in [0.5, 0.6) is 0 Å². The van der Waals surface area contributed by atoms with Crippen molar-refractivity contribution in [2.24, 2.45) is 11.7 Å². The maximum atomic E-state index is 13.2. The van der Waals surface area contributed by atoms with Crippen molar-refractivity contribution in [1.82, 2.24) is 15.5 Å². The Bertz CT molecular complexity index is 990. The molecule has 8 heteroatoms. The Balaban J connectivity index is 0.00000225. The van der Waals surface area contributed by atoms with Gasteiger partial charge in [0.2, 0.25) is 0 Å². The summed E-state index contributed by atoms with van der Waals surface area (Å²) in [4.78, 5) is 17.5. The van der Waals surface area contributed by atoms with E-state index in [2.05, 4.69) is 15.5 Å². The van der Waals surface area contributed by atoms with Crippen molar-refractivity contribution in [3.8, 4) is 11.3 Å². The van der Waals surface area contributed by atoms with Crippen molar-refractivity contribution in [2.75, 3.05) is 6.54 Å². The van der Waals surface area contributed by atoms with Gasteiger partial charge in [0.1, 0.15) is 5.82 Å². The molecule has 1 amide bonds. The summed E-state index contributed by atoms with van der Waals surface area (Å²) in [6.07, 6.45) is 3.02. The second-order valence-electron chi connectivity index (χ2n) is 7.02. The van der Waals surface area contributed by atoms with Crippen LogP contribution in [-0.2, 0) is 0 Å². The molecule has 0 radical (unpaired) electrons. The van der Waals surface area contributed by atoms with Gasteiger partial charge in [0.25, 0.3) is 11.6 Å². The van der Waals surface area contributed by atoms with E-state index in [1.165, 1.54) is 12.1 Å². The number of nitrogens with zero attached hydrogens (tertiary/aromatic N) is 2. The van der Waals surface area contributed by atoms with Crippen LogP contribution in [0.25, 0.3) is 22.4 Å². The number of fused-ring (bicyclic) bond motifs is 1. The maximum Gasteiger partial charge on any atom is 0.259 e. The summed E-state index contributed by atoms with van der Waals surface area (Å²) in [5.74, 6) is -0.226. The van der Waals surface area contributed by atoms with Gasteiger partial charge in [-0.25, -0.2) is 9.37 Å². The highest BCUT2D eigenvalue weighted by molar-refractivity contribution is 6.07. The molecule has 3 N–H and O–H groups in total. The van der Waals surface area contributed by atoms with Crippen LogP contribution in [0.3, 0.4) is 0 Å². The second-order valence-corrected chi connectivity index (χ2v) is 7.02. The smallest absolute Gasteiger partial charge is 0.259 e. The second kappa shape index (κ2) is 8.24. The Morgan fingerprint density at radius 3 is 2.79 bits per heavy atom. The molecule has 3 aromatic rings. The van der Waals surface area contributed by atoms with E-state index in [-0.39, 0.29) is 30.2 Å². The van der Waals surface area contributed by atoms with Crippen molar-refractivity contribution < 1.29 is 13.7 Å². The molecule has 1 fully saturated rings. The SMILES string of the molecule is Cc1noc2nc(-c3ccc(F)cc3)cc(C(=O)NC3CCCC3CN)c12.Cl. The fourth-order valence-corrected chi connectivity index (χ4v) is 3.80. The van der Waals surface area contributed by atoms with Crippen LogP contribution in [0, 0.1) is 18.7 Å². The van der Waals surface area contributed by atoms with Gasteiger partial charge in [-0.1, -0.05) is 11.6 Å². The molecule has 1 saturated carbocycles. The molecule has 0 bridgehead atoms. The number of carbonyl (C=O) groups is 1. The number of amides is 1. The molecular weight excluding hydrogens is 383 g/mol. The Hall–Kier alpha value is -2.51. The van der Waals surface area contributed by atoms with Gasteiger partial charge in [-0.05, 0) is 62.6 Å². The first kappa shape index (κ1) is 20.2. The minimum atomic E-state index is -0.331. The number of halogens is 2. The Kier molecular flexibility index (Phi) is 5.96. The minimum absolute atomic E-state index is 0. The van der Waals surface area contributed by atoms with Crippen molar-refractivity contribution in [3.05, 3.63) is 47.4 Å². The van der Waals surface area contributed by atoms with E-state index >= 15 is 0 Å². The third kappa shape index (κ3) is 3.72. The van der Waals surface area contributed by atoms with Crippen LogP contribution in [0.2, 0.25) is 0 Å². The lowest BCUT2D eigenvalue weighted by Crippen LogP contribution is -2.40. The van der Waals surface area contributed by atoms with E-state index in [1.807, 2.05) is 0 Å². The van der Waals surface area contributed by atoms with Gasteiger partial charge >= 0.3 is 0 Å². The number of aromatic nitrogens is 2. The molecular formula is C20H22ClFN4O2. The Morgan fingerprint density at radius 2 is 2.07 bits per heavy atom. The highest BCUT2D eigenvalue weighted by Gasteiger charge is 2.29. The lowest BCUT2D eigenvalue weighted by Gasteiger charge is -2.19. The highest BCUT2D eigenvalue weighted by Crippen LogP contribution is 2.29. The number of hydrogen-bond donors (Lipinski definition) is 2. The van der Waals surface area contributed by atoms with E-state index in [4.69, 9.17) is 10.3 Å². The molecule has 6 nitrogen and oxygen atoms in total. The lowest BCUT2D eigenvalue weighted by molar-refractivity contribution is 0.0930. The van der Waals surface area contributed by atoms with Gasteiger partial charge in [0, 0.05) is 11.6 Å². The first-order valence-electron chi connectivity index (χ1n) is 9.10.